The number of primary sulfonamides is 1. The Morgan fingerprint density at radius 2 is 1.81 bits per heavy atom. The topological polar surface area (TPSA) is 133 Å². The van der Waals surface area contributed by atoms with Crippen LogP contribution in [0, 0.1) is 0 Å². The molecule has 0 aliphatic rings. The molecule has 0 bridgehead atoms. The number of hydrogen-bond acceptors (Lipinski definition) is 6. The minimum absolute atomic E-state index is 0.139. The van der Waals surface area contributed by atoms with Crippen molar-refractivity contribution in [3.63, 3.8) is 0 Å². The number of carbonyl (C=O) groups excluding carboxylic acids is 3. The summed E-state index contributed by atoms with van der Waals surface area (Å²) in [4.78, 5) is 35.1. The molecule has 0 radical (unpaired) electrons. The lowest BCUT2D eigenvalue weighted by Crippen LogP contribution is -2.22. The lowest BCUT2D eigenvalue weighted by atomic mass is 10.1. The average molecular weight is 411 g/mol. The maximum Gasteiger partial charge on any atom is 0.338 e. The van der Waals surface area contributed by atoms with E-state index in [1.807, 2.05) is 0 Å². The summed E-state index contributed by atoms with van der Waals surface area (Å²) >= 11 is 5.74. The molecule has 0 saturated carbocycles. The number of para-hydroxylation sites is 1. The molecule has 2 aromatic rings. The van der Waals surface area contributed by atoms with Gasteiger partial charge < -0.3 is 10.1 Å². The van der Waals surface area contributed by atoms with Crippen LogP contribution >= 0.6 is 11.6 Å². The number of Topliss-reactive ketones (excluding diaryl/α,β-unsaturated/α-hetero) is 1. The van der Waals surface area contributed by atoms with Crippen LogP contribution in [0.3, 0.4) is 0 Å². The van der Waals surface area contributed by atoms with E-state index >= 15 is 0 Å². The Hall–Kier alpha value is -2.75. The normalized spacial score (nSPS) is 10.9. The largest absolute Gasteiger partial charge is 0.452 e. The first kappa shape index (κ1) is 20.6. The average Bonchev–Trinajstić information content (AvgIpc) is 2.59. The van der Waals surface area contributed by atoms with Crippen molar-refractivity contribution in [3.8, 4) is 0 Å². The highest BCUT2D eigenvalue weighted by Gasteiger charge is 2.18. The van der Waals surface area contributed by atoms with Gasteiger partial charge in [-0.05, 0) is 37.3 Å². The fourth-order valence-corrected chi connectivity index (χ4v) is 3.22. The summed E-state index contributed by atoms with van der Waals surface area (Å²) in [6.45, 7) is 0.715. The maximum atomic E-state index is 12.0. The summed E-state index contributed by atoms with van der Waals surface area (Å²) in [5, 5.41) is 7.34. The summed E-state index contributed by atoms with van der Waals surface area (Å²) in [6, 6.07) is 9.75. The lowest BCUT2D eigenvalue weighted by Gasteiger charge is -2.10. The van der Waals surface area contributed by atoms with Gasteiger partial charge in [0.15, 0.2) is 12.4 Å². The summed E-state index contributed by atoms with van der Waals surface area (Å²) in [5.74, 6) is -1.84. The summed E-state index contributed by atoms with van der Waals surface area (Å²) in [5.41, 5.74) is 0.460. The molecule has 0 heterocycles. The Morgan fingerprint density at radius 3 is 2.44 bits per heavy atom. The molecule has 3 N–H and O–H groups in total. The molecule has 0 fully saturated rings. The second kappa shape index (κ2) is 8.30. The highest BCUT2D eigenvalue weighted by atomic mass is 35.5. The molecule has 27 heavy (non-hydrogen) atoms. The summed E-state index contributed by atoms with van der Waals surface area (Å²) in [6.07, 6.45) is 0. The number of nitrogens with two attached hydrogens (primary N) is 1. The van der Waals surface area contributed by atoms with Crippen molar-refractivity contribution < 1.29 is 27.5 Å². The highest BCUT2D eigenvalue weighted by molar-refractivity contribution is 7.89. The predicted octanol–water partition coefficient (Wildman–Crippen LogP) is 1.99. The van der Waals surface area contributed by atoms with E-state index in [9.17, 15) is 22.8 Å². The van der Waals surface area contributed by atoms with E-state index in [2.05, 4.69) is 5.32 Å². The van der Waals surface area contributed by atoms with E-state index in [0.717, 1.165) is 6.07 Å². The molecule has 0 aliphatic heterocycles. The molecule has 8 nitrogen and oxygen atoms in total. The summed E-state index contributed by atoms with van der Waals surface area (Å²) in [7, 11) is -4.13. The molecular formula is C17H15ClN2O6S. The van der Waals surface area contributed by atoms with Crippen molar-refractivity contribution in [1.29, 1.82) is 0 Å². The third-order valence-electron chi connectivity index (χ3n) is 3.39. The number of rotatable bonds is 6. The zero-order chi connectivity index (χ0) is 20.2. The van der Waals surface area contributed by atoms with Crippen LogP contribution in [0.5, 0.6) is 0 Å². The predicted molar refractivity (Wildman–Crippen MR) is 98.2 cm³/mol. The van der Waals surface area contributed by atoms with Crippen molar-refractivity contribution in [1.82, 2.24) is 0 Å². The zero-order valence-electron chi connectivity index (χ0n) is 14.1. The van der Waals surface area contributed by atoms with Crippen LogP contribution in [0.1, 0.15) is 27.6 Å². The Labute approximate surface area is 160 Å². The van der Waals surface area contributed by atoms with Crippen LogP contribution in [0.25, 0.3) is 0 Å². The second-order valence-electron chi connectivity index (χ2n) is 5.42. The number of esters is 1. The SMILES string of the molecule is CC(=O)c1ccccc1NC(=O)COC(=O)c1ccc(Cl)c(S(N)(=O)=O)c1. The van der Waals surface area contributed by atoms with Crippen LogP contribution in [0.4, 0.5) is 5.69 Å². The van der Waals surface area contributed by atoms with Crippen LogP contribution in [0.15, 0.2) is 47.4 Å². The third-order valence-corrected chi connectivity index (χ3v) is 4.78. The van der Waals surface area contributed by atoms with Gasteiger partial charge in [-0.1, -0.05) is 23.7 Å². The van der Waals surface area contributed by atoms with Crippen molar-refractivity contribution in [2.45, 2.75) is 11.8 Å². The van der Waals surface area contributed by atoms with Gasteiger partial charge in [0.2, 0.25) is 10.0 Å². The Bertz CT molecular complexity index is 1020. The first-order chi connectivity index (χ1) is 12.6. The Morgan fingerprint density at radius 1 is 1.15 bits per heavy atom. The van der Waals surface area contributed by atoms with Gasteiger partial charge in [-0.2, -0.15) is 0 Å². The van der Waals surface area contributed by atoms with Gasteiger partial charge in [0, 0.05) is 5.56 Å². The third kappa shape index (κ3) is 5.36. The number of ketones is 1. The first-order valence-corrected chi connectivity index (χ1v) is 9.41. The number of halogens is 1. The molecule has 142 valence electrons. The van der Waals surface area contributed by atoms with E-state index in [1.54, 1.807) is 18.2 Å². The molecule has 0 atom stereocenters. The van der Waals surface area contributed by atoms with E-state index in [4.69, 9.17) is 21.5 Å². The van der Waals surface area contributed by atoms with E-state index in [1.165, 1.54) is 25.1 Å². The molecule has 0 aliphatic carbocycles. The Balaban J connectivity index is 2.06. The van der Waals surface area contributed by atoms with Gasteiger partial charge in [0.1, 0.15) is 4.90 Å². The van der Waals surface area contributed by atoms with E-state index < -0.39 is 33.4 Å². The van der Waals surface area contributed by atoms with Gasteiger partial charge in [-0.3, -0.25) is 9.59 Å². The first-order valence-electron chi connectivity index (χ1n) is 7.49. The standard InChI is InChI=1S/C17H15ClN2O6S/c1-10(21)12-4-2-3-5-14(12)20-16(22)9-26-17(23)11-6-7-13(18)15(8-11)27(19,24)25/h2-8H,9H2,1H3,(H,20,22)(H2,19,24,25). The number of nitrogens with one attached hydrogen (secondary N) is 1. The number of amides is 1. The monoisotopic (exact) mass is 410 g/mol. The molecule has 1 amide bonds. The molecule has 0 aromatic heterocycles. The molecule has 2 aromatic carbocycles. The Kier molecular flexibility index (Phi) is 6.32. The van der Waals surface area contributed by atoms with Crippen LogP contribution in [-0.4, -0.2) is 32.7 Å². The zero-order valence-corrected chi connectivity index (χ0v) is 15.6. The van der Waals surface area contributed by atoms with Crippen LogP contribution in [0.2, 0.25) is 5.02 Å². The number of anilines is 1. The number of carbonyl (C=O) groups is 3. The minimum atomic E-state index is -4.13. The molecule has 2 rings (SSSR count). The number of ether oxygens (including phenoxy) is 1. The number of sulfonamides is 1. The fourth-order valence-electron chi connectivity index (χ4n) is 2.15. The smallest absolute Gasteiger partial charge is 0.338 e. The van der Waals surface area contributed by atoms with Gasteiger partial charge >= 0.3 is 5.97 Å². The van der Waals surface area contributed by atoms with Gasteiger partial charge in [0.05, 0.1) is 16.3 Å². The van der Waals surface area contributed by atoms with Gasteiger partial charge in [-0.15, -0.1) is 0 Å². The highest BCUT2D eigenvalue weighted by Crippen LogP contribution is 2.22. The molecule has 0 saturated heterocycles. The van der Waals surface area contributed by atoms with Crippen molar-refractivity contribution >= 4 is 45.0 Å². The van der Waals surface area contributed by atoms with Crippen molar-refractivity contribution in [3.05, 3.63) is 58.6 Å². The van der Waals surface area contributed by atoms with Crippen molar-refractivity contribution in [2.24, 2.45) is 5.14 Å². The van der Waals surface area contributed by atoms with Crippen molar-refractivity contribution in [2.75, 3.05) is 11.9 Å². The van der Waals surface area contributed by atoms with Gasteiger partial charge in [0.25, 0.3) is 5.91 Å². The molecule has 0 unspecified atom stereocenters. The van der Waals surface area contributed by atoms with E-state index in [0.29, 0.717) is 5.56 Å². The number of benzene rings is 2. The van der Waals surface area contributed by atoms with E-state index in [-0.39, 0.29) is 22.1 Å². The lowest BCUT2D eigenvalue weighted by molar-refractivity contribution is -0.119. The fraction of sp³-hybridized carbons (Fsp3) is 0.118. The molecule has 10 heteroatoms. The molecule has 0 spiro atoms. The van der Waals surface area contributed by atoms with Crippen LogP contribution in [-0.2, 0) is 19.6 Å². The maximum absolute atomic E-state index is 12.0. The quantitative estimate of drug-likeness (QED) is 0.552. The minimum Gasteiger partial charge on any atom is -0.452 e. The second-order valence-corrected chi connectivity index (χ2v) is 7.35. The molecular weight excluding hydrogens is 396 g/mol. The summed E-state index contributed by atoms with van der Waals surface area (Å²) < 4.78 is 27.7. The van der Waals surface area contributed by atoms with Crippen LogP contribution < -0.4 is 10.5 Å². The number of hydrogen-bond donors (Lipinski definition) is 2. The van der Waals surface area contributed by atoms with Gasteiger partial charge in [-0.25, -0.2) is 18.4 Å².